The molecule has 5 nitrogen and oxygen atoms in total. The summed E-state index contributed by atoms with van der Waals surface area (Å²) in [6, 6.07) is 8.26. The van der Waals surface area contributed by atoms with Crippen LogP contribution in [0.1, 0.15) is 47.2 Å². The molecule has 2 bridgehead atoms. The number of carbonyl (C=O) groups excluding carboxylic acids is 1. The lowest BCUT2D eigenvalue weighted by Crippen LogP contribution is -2.60. The number of hydrogen-bond acceptors (Lipinski definition) is 4. The number of fused-ring (bicyclic) bond motifs is 4. The van der Waals surface area contributed by atoms with Gasteiger partial charge in [-0.2, -0.15) is 0 Å². The Morgan fingerprint density at radius 3 is 2.80 bits per heavy atom. The van der Waals surface area contributed by atoms with Crippen LogP contribution in [0.2, 0.25) is 0 Å². The molecule has 5 heteroatoms. The second-order valence-electron chi connectivity index (χ2n) is 8.19. The van der Waals surface area contributed by atoms with Gasteiger partial charge in [-0.1, -0.05) is 12.1 Å². The fraction of sp³-hybridized carbons (Fsp3) is 0.650. The summed E-state index contributed by atoms with van der Waals surface area (Å²) in [6.45, 7) is 6.15. The number of nitrogens with one attached hydrogen (secondary N) is 2. The predicted molar refractivity (Wildman–Crippen MR) is 97.4 cm³/mol. The molecule has 0 aromatic heterocycles. The molecular weight excluding hydrogens is 312 g/mol. The van der Waals surface area contributed by atoms with Crippen molar-refractivity contribution in [1.82, 2.24) is 20.4 Å². The maximum Gasteiger partial charge on any atom is 0.254 e. The standard InChI is InChI=1S/C20H28N4O/c25-20-19-6-3-14(11-23-13-16-4-5-17(23)10-22-16)8-15(19)12-24(20)18-2-1-7-21-9-18/h3,6,8,16-18,21-22H,1-2,4-5,7,9-13H2. The molecule has 6 rings (SSSR count). The van der Waals surface area contributed by atoms with Gasteiger partial charge in [0.25, 0.3) is 5.91 Å². The monoisotopic (exact) mass is 340 g/mol. The molecule has 0 radical (unpaired) electrons. The van der Waals surface area contributed by atoms with Gasteiger partial charge in [0.2, 0.25) is 0 Å². The van der Waals surface area contributed by atoms with Crippen molar-refractivity contribution >= 4 is 5.91 Å². The fourth-order valence-corrected chi connectivity index (χ4v) is 5.12. The lowest BCUT2D eigenvalue weighted by molar-refractivity contribution is 0.0674. The van der Waals surface area contributed by atoms with E-state index in [9.17, 15) is 4.79 Å². The molecule has 134 valence electrons. The second-order valence-corrected chi connectivity index (χ2v) is 8.19. The number of nitrogens with zero attached hydrogens (tertiary/aromatic N) is 2. The Hall–Kier alpha value is -1.43. The molecule has 5 heterocycles. The van der Waals surface area contributed by atoms with Crippen molar-refractivity contribution in [3.8, 4) is 0 Å². The van der Waals surface area contributed by atoms with Crippen molar-refractivity contribution in [1.29, 1.82) is 0 Å². The molecule has 0 saturated carbocycles. The van der Waals surface area contributed by atoms with Crippen LogP contribution in [0, 0.1) is 0 Å². The van der Waals surface area contributed by atoms with Gasteiger partial charge < -0.3 is 15.5 Å². The van der Waals surface area contributed by atoms with Crippen LogP contribution in [-0.4, -0.2) is 60.0 Å². The number of benzene rings is 1. The van der Waals surface area contributed by atoms with Crippen LogP contribution in [0.3, 0.4) is 0 Å². The number of piperidine rings is 3. The lowest BCUT2D eigenvalue weighted by atomic mass is 9.92. The van der Waals surface area contributed by atoms with Crippen LogP contribution in [0.25, 0.3) is 0 Å². The van der Waals surface area contributed by atoms with Gasteiger partial charge in [0, 0.05) is 56.4 Å². The zero-order chi connectivity index (χ0) is 16.8. The molecule has 5 aliphatic heterocycles. The minimum Gasteiger partial charge on any atom is -0.330 e. The van der Waals surface area contributed by atoms with Crippen LogP contribution in [0.15, 0.2) is 18.2 Å². The topological polar surface area (TPSA) is 47.6 Å². The van der Waals surface area contributed by atoms with Crippen molar-refractivity contribution in [3.05, 3.63) is 34.9 Å². The van der Waals surface area contributed by atoms with E-state index in [2.05, 4.69) is 38.6 Å². The Labute approximate surface area is 149 Å². The summed E-state index contributed by atoms with van der Waals surface area (Å²) in [5.74, 6) is 0.233. The number of amides is 1. The maximum absolute atomic E-state index is 12.8. The first-order valence-corrected chi connectivity index (χ1v) is 9.89. The Morgan fingerprint density at radius 1 is 1.12 bits per heavy atom. The van der Waals surface area contributed by atoms with Gasteiger partial charge in [0.15, 0.2) is 0 Å². The van der Waals surface area contributed by atoms with Gasteiger partial charge >= 0.3 is 0 Å². The van der Waals surface area contributed by atoms with E-state index in [4.69, 9.17) is 0 Å². The average molecular weight is 340 g/mol. The third-order valence-electron chi connectivity index (χ3n) is 6.56. The Bertz CT molecular complexity index is 662. The average Bonchev–Trinajstić information content (AvgIpc) is 3.00. The molecule has 1 aromatic carbocycles. The summed E-state index contributed by atoms with van der Waals surface area (Å²) in [4.78, 5) is 17.5. The van der Waals surface area contributed by atoms with Gasteiger partial charge in [0.1, 0.15) is 0 Å². The minimum absolute atomic E-state index is 0.233. The predicted octanol–water partition coefficient (Wildman–Crippen LogP) is 1.33. The minimum atomic E-state index is 0.233. The first-order chi connectivity index (χ1) is 12.3. The summed E-state index contributed by atoms with van der Waals surface area (Å²) in [6.07, 6.45) is 4.94. The zero-order valence-corrected chi connectivity index (χ0v) is 14.8. The number of carbonyl (C=O) groups is 1. The highest BCUT2D eigenvalue weighted by Gasteiger charge is 2.35. The van der Waals surface area contributed by atoms with E-state index in [1.807, 2.05) is 0 Å². The van der Waals surface area contributed by atoms with E-state index in [0.29, 0.717) is 18.1 Å². The molecule has 3 unspecified atom stereocenters. The van der Waals surface area contributed by atoms with E-state index < -0.39 is 0 Å². The smallest absolute Gasteiger partial charge is 0.254 e. The van der Waals surface area contributed by atoms with E-state index in [1.54, 1.807) is 0 Å². The molecule has 5 aliphatic rings. The summed E-state index contributed by atoms with van der Waals surface area (Å²) in [5, 5.41) is 7.06. The summed E-state index contributed by atoms with van der Waals surface area (Å²) >= 11 is 0. The fourth-order valence-electron chi connectivity index (χ4n) is 5.12. The molecule has 0 aliphatic carbocycles. The Morgan fingerprint density at radius 2 is 2.08 bits per heavy atom. The molecule has 4 saturated heterocycles. The van der Waals surface area contributed by atoms with E-state index >= 15 is 0 Å². The van der Waals surface area contributed by atoms with Crippen LogP contribution in [-0.2, 0) is 13.1 Å². The van der Waals surface area contributed by atoms with Crippen LogP contribution in [0.4, 0.5) is 0 Å². The van der Waals surface area contributed by atoms with Gasteiger partial charge in [0.05, 0.1) is 0 Å². The van der Waals surface area contributed by atoms with E-state index in [1.165, 1.54) is 36.9 Å². The SMILES string of the molecule is O=C1c2ccc(CN3CC4CCC3CN4)cc2CN1C1CCCNC1. The third-order valence-corrected chi connectivity index (χ3v) is 6.56. The highest BCUT2D eigenvalue weighted by molar-refractivity contribution is 5.98. The molecule has 1 amide bonds. The van der Waals surface area contributed by atoms with Crippen molar-refractivity contribution in [2.45, 2.75) is 56.9 Å². The Balaban J connectivity index is 1.31. The summed E-state index contributed by atoms with van der Waals surface area (Å²) < 4.78 is 0. The molecule has 25 heavy (non-hydrogen) atoms. The molecule has 4 fully saturated rings. The Kier molecular flexibility index (Phi) is 4.03. The number of hydrogen-bond donors (Lipinski definition) is 2. The molecular formula is C20H28N4O. The third kappa shape index (κ3) is 2.88. The molecule has 3 atom stereocenters. The zero-order valence-electron chi connectivity index (χ0n) is 14.8. The molecule has 0 spiro atoms. The second kappa shape index (κ2) is 6.38. The highest BCUT2D eigenvalue weighted by atomic mass is 16.2. The van der Waals surface area contributed by atoms with Crippen LogP contribution < -0.4 is 10.6 Å². The quantitative estimate of drug-likeness (QED) is 0.872. The first kappa shape index (κ1) is 15.8. The summed E-state index contributed by atoms with van der Waals surface area (Å²) in [5.41, 5.74) is 3.52. The van der Waals surface area contributed by atoms with Crippen molar-refractivity contribution in [2.24, 2.45) is 0 Å². The molecule has 1 aromatic rings. The van der Waals surface area contributed by atoms with Crippen molar-refractivity contribution in [3.63, 3.8) is 0 Å². The van der Waals surface area contributed by atoms with Gasteiger partial charge in [-0.15, -0.1) is 0 Å². The van der Waals surface area contributed by atoms with Crippen molar-refractivity contribution in [2.75, 3.05) is 26.2 Å². The largest absolute Gasteiger partial charge is 0.330 e. The lowest BCUT2D eigenvalue weighted by Gasteiger charge is -2.46. The normalized spacial score (nSPS) is 32.2. The number of piperazine rings is 1. The highest BCUT2D eigenvalue weighted by Crippen LogP contribution is 2.29. The maximum atomic E-state index is 12.8. The van der Waals surface area contributed by atoms with Gasteiger partial charge in [-0.25, -0.2) is 0 Å². The first-order valence-electron chi connectivity index (χ1n) is 9.89. The van der Waals surface area contributed by atoms with E-state index in [0.717, 1.165) is 44.7 Å². The van der Waals surface area contributed by atoms with E-state index in [-0.39, 0.29) is 5.91 Å². The molecule has 2 N–H and O–H groups in total. The van der Waals surface area contributed by atoms with Gasteiger partial charge in [-0.05, 0) is 49.4 Å². The van der Waals surface area contributed by atoms with Crippen LogP contribution in [0.5, 0.6) is 0 Å². The summed E-state index contributed by atoms with van der Waals surface area (Å²) in [7, 11) is 0. The van der Waals surface area contributed by atoms with Crippen molar-refractivity contribution < 1.29 is 4.79 Å². The van der Waals surface area contributed by atoms with Crippen LogP contribution >= 0.6 is 0 Å². The van der Waals surface area contributed by atoms with Gasteiger partial charge in [-0.3, -0.25) is 9.69 Å². The number of rotatable bonds is 3.